The van der Waals surface area contributed by atoms with Crippen molar-refractivity contribution in [2.24, 2.45) is 0 Å². The lowest BCUT2D eigenvalue weighted by Crippen LogP contribution is -2.31. The van der Waals surface area contributed by atoms with Gasteiger partial charge in [-0.1, -0.05) is 54.6 Å². The Kier molecular flexibility index (Phi) is 4.07. The molecule has 1 fully saturated rings. The summed E-state index contributed by atoms with van der Waals surface area (Å²) in [4.78, 5) is 5.73. The van der Waals surface area contributed by atoms with Crippen molar-refractivity contribution >= 4 is 28.2 Å². The zero-order valence-electron chi connectivity index (χ0n) is 13.6. The van der Waals surface area contributed by atoms with Crippen LogP contribution in [-0.2, 0) is 0 Å². The van der Waals surface area contributed by atoms with Gasteiger partial charge in [-0.15, -0.1) is 0 Å². The van der Waals surface area contributed by atoms with Crippen molar-refractivity contribution in [2.75, 3.05) is 13.1 Å². The van der Waals surface area contributed by atoms with Gasteiger partial charge in [-0.25, -0.2) is 0 Å². The van der Waals surface area contributed by atoms with Gasteiger partial charge in [0, 0.05) is 46.5 Å². The zero-order valence-corrected chi connectivity index (χ0v) is 14.4. The van der Waals surface area contributed by atoms with Crippen molar-refractivity contribution in [3.05, 3.63) is 77.5 Å². The van der Waals surface area contributed by atoms with Crippen LogP contribution in [-0.4, -0.2) is 23.0 Å². The number of benzene rings is 2. The summed E-state index contributed by atoms with van der Waals surface area (Å²) in [6.45, 7) is 6.47. The van der Waals surface area contributed by atoms with E-state index in [1.54, 1.807) is 0 Å². The Balaban J connectivity index is 1.50. The summed E-state index contributed by atoms with van der Waals surface area (Å²) in [7, 11) is 0. The average molecular weight is 337 g/mol. The van der Waals surface area contributed by atoms with E-state index >= 15 is 0 Å². The number of piperidine rings is 1. The van der Waals surface area contributed by atoms with Gasteiger partial charge in [-0.05, 0) is 36.5 Å². The predicted molar refractivity (Wildman–Crippen MR) is 102 cm³/mol. The van der Waals surface area contributed by atoms with Crippen molar-refractivity contribution in [1.29, 1.82) is 0 Å². The van der Waals surface area contributed by atoms with Crippen molar-refractivity contribution in [2.45, 2.75) is 18.8 Å². The highest BCUT2D eigenvalue weighted by molar-refractivity contribution is 6.31. The van der Waals surface area contributed by atoms with Gasteiger partial charge in [-0.2, -0.15) is 0 Å². The number of fused-ring (bicyclic) bond motifs is 1. The minimum atomic E-state index is 0.664. The second-order valence-electron chi connectivity index (χ2n) is 6.51. The van der Waals surface area contributed by atoms with E-state index in [2.05, 4.69) is 52.9 Å². The van der Waals surface area contributed by atoms with Crippen LogP contribution in [0.1, 0.15) is 29.9 Å². The Hall–Kier alpha value is -2.19. The predicted octanol–water partition coefficient (Wildman–Crippen LogP) is 5.67. The molecule has 2 nitrogen and oxygen atoms in total. The van der Waals surface area contributed by atoms with E-state index < -0.39 is 0 Å². The molecule has 24 heavy (non-hydrogen) atoms. The Labute approximate surface area is 147 Å². The number of hydrogen-bond donors (Lipinski definition) is 1. The quantitative estimate of drug-likeness (QED) is 0.652. The van der Waals surface area contributed by atoms with Crippen molar-refractivity contribution in [3.63, 3.8) is 0 Å². The number of nitrogens with one attached hydrogen (secondary N) is 1. The van der Waals surface area contributed by atoms with Crippen LogP contribution in [0.3, 0.4) is 0 Å². The molecule has 0 saturated carbocycles. The van der Waals surface area contributed by atoms with Crippen LogP contribution in [0.2, 0.25) is 5.02 Å². The number of halogens is 1. The van der Waals surface area contributed by atoms with Gasteiger partial charge < -0.3 is 9.88 Å². The zero-order chi connectivity index (χ0) is 16.5. The smallest absolute Gasteiger partial charge is 0.0475 e. The molecule has 2 aromatic carbocycles. The third-order valence-electron chi connectivity index (χ3n) is 5.10. The van der Waals surface area contributed by atoms with Crippen LogP contribution in [0.5, 0.6) is 0 Å². The molecule has 3 aromatic rings. The fourth-order valence-corrected chi connectivity index (χ4v) is 3.89. The highest BCUT2D eigenvalue weighted by atomic mass is 35.5. The topological polar surface area (TPSA) is 19.0 Å². The number of aromatic amines is 1. The molecule has 1 aromatic heterocycles. The summed E-state index contributed by atoms with van der Waals surface area (Å²) in [5.41, 5.74) is 4.82. The number of hydrogen-bond acceptors (Lipinski definition) is 1. The Morgan fingerprint density at radius 3 is 2.58 bits per heavy atom. The van der Waals surface area contributed by atoms with Gasteiger partial charge in [0.25, 0.3) is 0 Å². The van der Waals surface area contributed by atoms with E-state index in [4.69, 9.17) is 11.6 Å². The Morgan fingerprint density at radius 1 is 1.08 bits per heavy atom. The van der Waals surface area contributed by atoms with E-state index in [1.165, 1.54) is 29.4 Å². The minimum Gasteiger partial charge on any atom is -0.371 e. The molecule has 1 N–H and O–H groups in total. The number of nitrogens with zero attached hydrogens (tertiary/aromatic N) is 1. The van der Waals surface area contributed by atoms with Gasteiger partial charge in [0.1, 0.15) is 0 Å². The molecule has 1 saturated heterocycles. The third kappa shape index (κ3) is 2.83. The van der Waals surface area contributed by atoms with Gasteiger partial charge >= 0.3 is 0 Å². The number of H-pyrrole nitrogens is 1. The van der Waals surface area contributed by atoms with Crippen LogP contribution in [0.25, 0.3) is 16.6 Å². The molecular weight excluding hydrogens is 316 g/mol. The molecule has 0 aliphatic carbocycles. The first-order valence-electron chi connectivity index (χ1n) is 8.48. The number of rotatable bonds is 3. The molecule has 0 atom stereocenters. The van der Waals surface area contributed by atoms with Gasteiger partial charge in [0.15, 0.2) is 0 Å². The van der Waals surface area contributed by atoms with E-state index in [0.29, 0.717) is 5.92 Å². The maximum absolute atomic E-state index is 6.08. The summed E-state index contributed by atoms with van der Waals surface area (Å²) >= 11 is 6.08. The third-order valence-corrected chi connectivity index (χ3v) is 5.34. The van der Waals surface area contributed by atoms with E-state index in [-0.39, 0.29) is 0 Å². The molecule has 1 aliphatic rings. The number of aromatic nitrogens is 1. The van der Waals surface area contributed by atoms with Gasteiger partial charge in [-0.3, -0.25) is 0 Å². The van der Waals surface area contributed by atoms with Gasteiger partial charge in [0.2, 0.25) is 0 Å². The first kappa shape index (κ1) is 15.3. The normalized spacial score (nSPS) is 15.8. The highest BCUT2D eigenvalue weighted by Gasteiger charge is 2.22. The molecule has 1 aliphatic heterocycles. The van der Waals surface area contributed by atoms with Crippen molar-refractivity contribution < 1.29 is 0 Å². The van der Waals surface area contributed by atoms with E-state index in [9.17, 15) is 0 Å². The van der Waals surface area contributed by atoms with Crippen molar-refractivity contribution in [1.82, 2.24) is 9.88 Å². The highest BCUT2D eigenvalue weighted by Crippen LogP contribution is 2.33. The first-order valence-corrected chi connectivity index (χ1v) is 8.86. The maximum atomic E-state index is 6.08. The maximum Gasteiger partial charge on any atom is 0.0475 e. The van der Waals surface area contributed by atoms with Crippen LogP contribution < -0.4 is 0 Å². The molecule has 2 heterocycles. The van der Waals surface area contributed by atoms with Gasteiger partial charge in [0.05, 0.1) is 0 Å². The fraction of sp³-hybridized carbons (Fsp3) is 0.238. The van der Waals surface area contributed by atoms with Crippen LogP contribution in [0.4, 0.5) is 0 Å². The van der Waals surface area contributed by atoms with Crippen LogP contribution >= 0.6 is 11.6 Å². The minimum absolute atomic E-state index is 0.664. The number of likely N-dealkylation sites (tertiary alicyclic amines) is 1. The fourth-order valence-electron chi connectivity index (χ4n) is 3.72. The SMILES string of the molecule is C=C(c1c[nH]c2cc(Cl)ccc12)N1CCC(c2ccccc2)CC1. The Morgan fingerprint density at radius 2 is 1.83 bits per heavy atom. The largest absolute Gasteiger partial charge is 0.371 e. The molecule has 0 unspecified atom stereocenters. The molecule has 0 bridgehead atoms. The van der Waals surface area contributed by atoms with Crippen LogP contribution in [0.15, 0.2) is 61.3 Å². The summed E-state index contributed by atoms with van der Waals surface area (Å²) < 4.78 is 0. The Bertz CT molecular complexity index is 858. The monoisotopic (exact) mass is 336 g/mol. The first-order chi connectivity index (χ1) is 11.7. The lowest BCUT2D eigenvalue weighted by Gasteiger charge is -2.35. The second-order valence-corrected chi connectivity index (χ2v) is 6.95. The average Bonchev–Trinajstić information content (AvgIpc) is 3.05. The molecule has 0 spiro atoms. The molecular formula is C21H21ClN2. The van der Waals surface area contributed by atoms with E-state index in [0.717, 1.165) is 29.3 Å². The summed E-state index contributed by atoms with van der Waals surface area (Å²) in [5, 5.41) is 1.94. The lowest BCUT2D eigenvalue weighted by molar-refractivity contribution is 0.299. The summed E-state index contributed by atoms with van der Waals surface area (Å²) in [6.07, 6.45) is 4.40. The summed E-state index contributed by atoms with van der Waals surface area (Å²) in [6, 6.07) is 16.8. The molecule has 3 heteroatoms. The molecule has 0 radical (unpaired) electrons. The van der Waals surface area contributed by atoms with Crippen molar-refractivity contribution in [3.8, 4) is 0 Å². The molecule has 0 amide bonds. The lowest BCUT2D eigenvalue weighted by atomic mass is 9.89. The van der Waals surface area contributed by atoms with Crippen LogP contribution in [0, 0.1) is 0 Å². The molecule has 4 rings (SSSR count). The second kappa shape index (κ2) is 6.37. The molecule has 122 valence electrons. The standard InChI is InChI=1S/C21H21ClN2/c1-15(20-14-23-21-13-18(22)7-8-19(20)21)24-11-9-17(10-12-24)16-5-3-2-4-6-16/h2-8,13-14,17,23H,1,9-12H2. The summed E-state index contributed by atoms with van der Waals surface area (Å²) in [5.74, 6) is 0.664. The van der Waals surface area contributed by atoms with E-state index in [1.807, 2.05) is 18.3 Å².